The van der Waals surface area contributed by atoms with Gasteiger partial charge in [-0.05, 0) is 73.7 Å². The second kappa shape index (κ2) is 12.9. The van der Waals surface area contributed by atoms with Crippen LogP contribution < -0.4 is 0 Å². The van der Waals surface area contributed by atoms with Gasteiger partial charge in [-0.1, -0.05) is 6.07 Å². The fraction of sp³-hybridized carbons (Fsp3) is 0.533. The molecule has 278 valence electrons. The summed E-state index contributed by atoms with van der Waals surface area (Å²) in [5, 5.41) is 86.1. The molecule has 0 aliphatic carbocycles. The highest BCUT2D eigenvalue weighted by atomic mass is 19.4. The van der Waals surface area contributed by atoms with Crippen LogP contribution in [-0.4, -0.2) is 116 Å². The maximum atomic E-state index is 14.1. The second-order valence-corrected chi connectivity index (χ2v) is 12.4. The number of urea groups is 1. The topological polar surface area (TPSA) is 209 Å². The molecule has 3 atom stereocenters. The molecule has 3 amide bonds. The molecule has 3 unspecified atom stereocenters. The number of likely N-dealkylation sites (tertiary alicyclic amines) is 1. The summed E-state index contributed by atoms with van der Waals surface area (Å²) in [6, 6.07) is -0.297. The van der Waals surface area contributed by atoms with Crippen molar-refractivity contribution < 1.29 is 76.8 Å². The van der Waals surface area contributed by atoms with Gasteiger partial charge in [0.15, 0.2) is 0 Å². The number of halogens is 6. The first kappa shape index (κ1) is 39.2. The number of hydrogen-bond acceptors (Lipinski definition) is 11. The number of carbonyl (C=O) groups is 2. The molecule has 2 aromatic carbocycles. The predicted molar refractivity (Wildman–Crippen MR) is 155 cm³/mol. The van der Waals surface area contributed by atoms with Crippen LogP contribution in [0.2, 0.25) is 0 Å². The van der Waals surface area contributed by atoms with Crippen LogP contribution in [0.1, 0.15) is 73.0 Å². The minimum absolute atomic E-state index is 0.161. The summed E-state index contributed by atoms with van der Waals surface area (Å²) in [6.07, 6.45) is -9.45. The molecule has 20 heteroatoms. The third-order valence-corrected chi connectivity index (χ3v) is 9.21. The van der Waals surface area contributed by atoms with Crippen molar-refractivity contribution in [2.45, 2.75) is 88.0 Å². The summed E-state index contributed by atoms with van der Waals surface area (Å²) in [5.74, 6) is -19.5. The van der Waals surface area contributed by atoms with Crippen molar-refractivity contribution in [3.63, 3.8) is 0 Å². The molecule has 0 spiro atoms. The van der Waals surface area contributed by atoms with Gasteiger partial charge in [0.2, 0.25) is 5.91 Å². The summed E-state index contributed by atoms with van der Waals surface area (Å²) < 4.78 is 81.9. The molecule has 0 aromatic heterocycles. The number of hydrogen-bond donors (Lipinski definition) is 8. The average molecular weight is 727 g/mol. The Kier molecular flexibility index (Phi) is 10.1. The molecule has 8 N–H and O–H groups in total. The normalized spacial score (nSPS) is 23.9. The average Bonchev–Trinajstić information content (AvgIpc) is 2.98. The Morgan fingerprint density at radius 3 is 1.92 bits per heavy atom. The largest absolute Gasteiger partial charge is 0.416 e. The van der Waals surface area contributed by atoms with Crippen LogP contribution >= 0.6 is 0 Å². The number of piperidine rings is 1. The van der Waals surface area contributed by atoms with Gasteiger partial charge in [-0.25, -0.2) is 22.9 Å². The molecule has 2 aliphatic rings. The summed E-state index contributed by atoms with van der Waals surface area (Å²) in [7, 11) is 1.16. The number of benzene rings is 2. The highest BCUT2D eigenvalue weighted by Crippen LogP contribution is 2.48. The maximum absolute atomic E-state index is 14.1. The predicted octanol–water partition coefficient (Wildman–Crippen LogP) is 1.13. The highest BCUT2D eigenvalue weighted by Gasteiger charge is 2.79. The molecular weight excluding hydrogens is 690 g/mol. The van der Waals surface area contributed by atoms with Gasteiger partial charge in [0.25, 0.3) is 6.43 Å². The molecule has 2 heterocycles. The SMILES string of the molecule is CC(=O)N1C(O)(O)C(O)(O)N(C2CCN(C(=O)N(C)C(C)c3cc(C(F)F)cc(C(F)(F)F)c3)C(c3ccc(F)cc3C)C2)C(O)(O)C1(O)O. The molecule has 2 aromatic rings. The monoisotopic (exact) mass is 726 g/mol. The van der Waals surface area contributed by atoms with Crippen LogP contribution in [0.3, 0.4) is 0 Å². The number of nitrogens with zero attached hydrogens (tertiary/aromatic N) is 4. The molecule has 2 saturated heterocycles. The summed E-state index contributed by atoms with van der Waals surface area (Å²) in [5.41, 5.74) is -2.29. The van der Waals surface area contributed by atoms with E-state index in [2.05, 4.69) is 0 Å². The summed E-state index contributed by atoms with van der Waals surface area (Å²) in [4.78, 5) is 27.0. The van der Waals surface area contributed by atoms with Crippen molar-refractivity contribution in [1.29, 1.82) is 0 Å². The van der Waals surface area contributed by atoms with Gasteiger partial charge in [0, 0.05) is 32.1 Å². The molecule has 2 fully saturated rings. The van der Waals surface area contributed by atoms with Crippen LogP contribution in [0.4, 0.5) is 31.1 Å². The van der Waals surface area contributed by atoms with Crippen molar-refractivity contribution in [2.75, 3.05) is 13.6 Å². The number of piperazine rings is 1. The van der Waals surface area contributed by atoms with Crippen LogP contribution in [0.25, 0.3) is 0 Å². The lowest BCUT2D eigenvalue weighted by molar-refractivity contribution is -0.604. The lowest BCUT2D eigenvalue weighted by Crippen LogP contribution is -2.92. The van der Waals surface area contributed by atoms with Gasteiger partial charge >= 0.3 is 35.9 Å². The smallest absolute Gasteiger partial charge is 0.347 e. The molecule has 0 bridgehead atoms. The van der Waals surface area contributed by atoms with E-state index in [0.29, 0.717) is 13.0 Å². The zero-order valence-corrected chi connectivity index (χ0v) is 26.8. The third kappa shape index (κ3) is 6.39. The fourth-order valence-electron chi connectivity index (χ4n) is 6.52. The third-order valence-electron chi connectivity index (χ3n) is 9.21. The van der Waals surface area contributed by atoms with Gasteiger partial charge in [-0.2, -0.15) is 18.1 Å². The van der Waals surface area contributed by atoms with Gasteiger partial charge in [0.1, 0.15) is 5.82 Å². The van der Waals surface area contributed by atoms with Crippen molar-refractivity contribution in [3.8, 4) is 0 Å². The first-order valence-electron chi connectivity index (χ1n) is 14.9. The maximum Gasteiger partial charge on any atom is 0.416 e. The number of aliphatic hydroxyl groups is 8. The Hall–Kier alpha value is -3.60. The summed E-state index contributed by atoms with van der Waals surface area (Å²) >= 11 is 0. The Bertz CT molecular complexity index is 1610. The van der Waals surface area contributed by atoms with E-state index in [4.69, 9.17) is 0 Å². The Morgan fingerprint density at radius 1 is 0.900 bits per heavy atom. The molecular formula is C30H36F6N4O10. The van der Waals surface area contributed by atoms with Crippen molar-refractivity contribution >= 4 is 11.9 Å². The van der Waals surface area contributed by atoms with Crippen molar-refractivity contribution in [2.24, 2.45) is 0 Å². The molecule has 4 rings (SSSR count). The summed E-state index contributed by atoms with van der Waals surface area (Å²) in [6.45, 7) is 2.69. The lowest BCUT2D eigenvalue weighted by Gasteiger charge is -2.62. The van der Waals surface area contributed by atoms with Crippen LogP contribution in [-0.2, 0) is 11.0 Å². The molecule has 50 heavy (non-hydrogen) atoms. The number of amides is 3. The number of rotatable bonds is 5. The van der Waals surface area contributed by atoms with Gasteiger partial charge < -0.3 is 50.7 Å². The fourth-order valence-corrected chi connectivity index (χ4v) is 6.52. The van der Waals surface area contributed by atoms with E-state index in [1.165, 1.54) is 19.9 Å². The molecule has 0 saturated carbocycles. The van der Waals surface area contributed by atoms with E-state index in [9.17, 15) is 76.8 Å². The van der Waals surface area contributed by atoms with E-state index in [0.717, 1.165) is 35.0 Å². The van der Waals surface area contributed by atoms with Crippen LogP contribution in [0.5, 0.6) is 0 Å². The number of carbonyl (C=O) groups excluding carboxylic acids is 2. The standard InChI is InChI=1S/C30H36F6N4O10/c1-14-9-20(31)5-6-22(14)23-13-21(40-29(47,48)27(43,44)39(16(3)41)28(45,46)30(40,49)50)7-8-38(23)25(42)37(4)15(2)17-10-18(24(32)33)12-19(11-17)26(34,35)36/h5-6,9-12,15,21,23-24,43-50H,7-8,13H2,1-4H3. The van der Waals surface area contributed by atoms with Gasteiger partial charge in [-0.15, -0.1) is 0 Å². The van der Waals surface area contributed by atoms with E-state index in [-0.39, 0.29) is 27.7 Å². The minimum Gasteiger partial charge on any atom is -0.347 e. The molecule has 14 nitrogen and oxygen atoms in total. The number of alkyl halides is 5. The van der Waals surface area contributed by atoms with E-state index < -0.39 is 108 Å². The second-order valence-electron chi connectivity index (χ2n) is 12.4. The zero-order valence-electron chi connectivity index (χ0n) is 26.8. The van der Waals surface area contributed by atoms with Gasteiger partial charge in [0.05, 0.1) is 17.6 Å². The number of aryl methyl sites for hydroxylation is 1. The van der Waals surface area contributed by atoms with E-state index in [1.54, 1.807) is 0 Å². The first-order valence-corrected chi connectivity index (χ1v) is 14.9. The first-order chi connectivity index (χ1) is 22.7. The van der Waals surface area contributed by atoms with Gasteiger partial charge in [-0.3, -0.25) is 4.79 Å². The lowest BCUT2D eigenvalue weighted by atomic mass is 9.87. The Balaban J connectivity index is 1.78. The minimum atomic E-state index is -5.00. The van der Waals surface area contributed by atoms with Crippen LogP contribution in [0, 0.1) is 12.7 Å². The van der Waals surface area contributed by atoms with E-state index >= 15 is 0 Å². The van der Waals surface area contributed by atoms with Crippen molar-refractivity contribution in [1.82, 2.24) is 19.6 Å². The van der Waals surface area contributed by atoms with E-state index in [1.807, 2.05) is 0 Å². The van der Waals surface area contributed by atoms with Crippen molar-refractivity contribution in [3.05, 3.63) is 70.0 Å². The zero-order chi connectivity index (χ0) is 38.1. The Labute approximate surface area is 280 Å². The molecule has 0 radical (unpaired) electrons. The molecule has 2 aliphatic heterocycles. The highest BCUT2D eigenvalue weighted by molar-refractivity contribution is 5.76. The quantitative estimate of drug-likeness (QED) is 0.162. The Morgan fingerprint density at radius 2 is 1.44 bits per heavy atom. The van der Waals surface area contributed by atoms with Crippen LogP contribution in [0.15, 0.2) is 36.4 Å².